The van der Waals surface area contributed by atoms with Gasteiger partial charge in [0.25, 0.3) is 0 Å². The lowest BCUT2D eigenvalue weighted by Crippen LogP contribution is -2.19. The summed E-state index contributed by atoms with van der Waals surface area (Å²) in [5.74, 6) is 0.228. The summed E-state index contributed by atoms with van der Waals surface area (Å²) in [4.78, 5) is 0. The van der Waals surface area contributed by atoms with Crippen LogP contribution in [0, 0.1) is 11.3 Å². The molecule has 2 aromatic carbocycles. The van der Waals surface area contributed by atoms with Gasteiger partial charge in [0.05, 0.1) is 17.7 Å². The van der Waals surface area contributed by atoms with Crippen LogP contribution in [0.5, 0.6) is 11.5 Å². The molecule has 0 aliphatic carbocycles. The van der Waals surface area contributed by atoms with Crippen LogP contribution in [0.4, 0.5) is 18.9 Å². The van der Waals surface area contributed by atoms with Gasteiger partial charge in [-0.3, -0.25) is 0 Å². The van der Waals surface area contributed by atoms with Crippen LogP contribution in [0.15, 0.2) is 36.4 Å². The number of hydrogen-bond acceptors (Lipinski definition) is 4. The van der Waals surface area contributed by atoms with Crippen molar-refractivity contribution in [3.63, 3.8) is 0 Å². The molecule has 0 amide bonds. The molecule has 0 unspecified atom stereocenters. The van der Waals surface area contributed by atoms with Crippen molar-refractivity contribution in [1.29, 1.82) is 5.26 Å². The average Bonchev–Trinajstić information content (AvgIpc) is 2.57. The van der Waals surface area contributed by atoms with E-state index in [-0.39, 0.29) is 11.5 Å². The van der Waals surface area contributed by atoms with Crippen LogP contribution < -0.4 is 14.8 Å². The van der Waals surface area contributed by atoms with Crippen LogP contribution in [0.1, 0.15) is 11.1 Å². The molecule has 0 spiro atoms. The summed E-state index contributed by atoms with van der Waals surface area (Å²) < 4.78 is 46.5. The zero-order valence-electron chi connectivity index (χ0n) is 13.2. The molecule has 2 rings (SSSR count). The fourth-order valence-electron chi connectivity index (χ4n) is 2.02. The van der Waals surface area contributed by atoms with Gasteiger partial charge in [-0.15, -0.1) is 0 Å². The zero-order valence-corrected chi connectivity index (χ0v) is 13.9. The second kappa shape index (κ2) is 7.99. The first kappa shape index (κ1) is 18.7. The maximum absolute atomic E-state index is 12.2. The number of anilines is 1. The topological polar surface area (TPSA) is 54.3 Å². The minimum absolute atomic E-state index is 0.0185. The minimum atomic E-state index is -4.42. The van der Waals surface area contributed by atoms with E-state index in [1.54, 1.807) is 30.3 Å². The summed E-state index contributed by atoms with van der Waals surface area (Å²) in [5.41, 5.74) is 1.86. The average molecular weight is 371 g/mol. The van der Waals surface area contributed by atoms with Crippen molar-refractivity contribution in [3.8, 4) is 17.6 Å². The predicted octanol–water partition coefficient (Wildman–Crippen LogP) is 4.77. The molecule has 8 heteroatoms. The van der Waals surface area contributed by atoms with Crippen molar-refractivity contribution in [2.24, 2.45) is 0 Å². The third-order valence-electron chi connectivity index (χ3n) is 3.21. The standard InChI is InChI=1S/C17H14ClF3N2O2/c1-24-16-6-11(2-5-15(16)25-10-17(19,20)21)9-23-13-4-3-12(8-22)14(18)7-13/h2-7,23H,9-10H2,1H3. The molecular formula is C17H14ClF3N2O2. The Morgan fingerprint density at radius 2 is 1.92 bits per heavy atom. The first-order chi connectivity index (χ1) is 11.8. The van der Waals surface area contributed by atoms with Crippen molar-refractivity contribution in [2.45, 2.75) is 12.7 Å². The first-order valence-electron chi connectivity index (χ1n) is 7.12. The lowest BCUT2D eigenvalue weighted by Gasteiger charge is -2.14. The molecule has 0 bridgehead atoms. The number of ether oxygens (including phenoxy) is 2. The number of methoxy groups -OCH3 is 1. The number of nitrogens with one attached hydrogen (secondary N) is 1. The number of hydrogen-bond donors (Lipinski definition) is 1. The zero-order chi connectivity index (χ0) is 18.4. The van der Waals surface area contributed by atoms with Crippen LogP contribution >= 0.6 is 11.6 Å². The van der Waals surface area contributed by atoms with E-state index < -0.39 is 12.8 Å². The molecule has 0 heterocycles. The van der Waals surface area contributed by atoms with E-state index in [4.69, 9.17) is 26.3 Å². The molecule has 0 saturated heterocycles. The molecule has 0 atom stereocenters. The van der Waals surface area contributed by atoms with Gasteiger partial charge in [-0.05, 0) is 35.9 Å². The van der Waals surface area contributed by atoms with E-state index >= 15 is 0 Å². The third kappa shape index (κ3) is 5.47. The smallest absolute Gasteiger partial charge is 0.422 e. The fraction of sp³-hybridized carbons (Fsp3) is 0.235. The van der Waals surface area contributed by atoms with Crippen LogP contribution in [0.3, 0.4) is 0 Å². The molecular weight excluding hydrogens is 357 g/mol. The van der Waals surface area contributed by atoms with Gasteiger partial charge < -0.3 is 14.8 Å². The highest BCUT2D eigenvalue weighted by molar-refractivity contribution is 6.32. The minimum Gasteiger partial charge on any atom is -0.493 e. The summed E-state index contributed by atoms with van der Waals surface area (Å²) in [6.45, 7) is -0.997. The van der Waals surface area contributed by atoms with Crippen molar-refractivity contribution in [3.05, 3.63) is 52.5 Å². The highest BCUT2D eigenvalue weighted by atomic mass is 35.5. The third-order valence-corrected chi connectivity index (χ3v) is 3.52. The number of nitrogens with zero attached hydrogens (tertiary/aromatic N) is 1. The van der Waals surface area contributed by atoms with Gasteiger partial charge in [-0.2, -0.15) is 18.4 Å². The van der Waals surface area contributed by atoms with Gasteiger partial charge in [0, 0.05) is 12.2 Å². The summed E-state index contributed by atoms with van der Waals surface area (Å²) in [6, 6.07) is 11.5. The van der Waals surface area contributed by atoms with Gasteiger partial charge in [-0.25, -0.2) is 0 Å². The molecule has 0 radical (unpaired) electrons. The van der Waals surface area contributed by atoms with Crippen LogP contribution in [-0.4, -0.2) is 19.9 Å². The van der Waals surface area contributed by atoms with E-state index in [1.807, 2.05) is 6.07 Å². The number of nitriles is 1. The lowest BCUT2D eigenvalue weighted by atomic mass is 10.2. The van der Waals surface area contributed by atoms with Gasteiger partial charge in [0.15, 0.2) is 18.1 Å². The molecule has 0 aliphatic rings. The van der Waals surface area contributed by atoms with Gasteiger partial charge >= 0.3 is 6.18 Å². The Labute approximate surface area is 147 Å². The molecule has 0 aliphatic heterocycles. The van der Waals surface area contributed by atoms with E-state index in [0.717, 1.165) is 5.56 Å². The maximum Gasteiger partial charge on any atom is 0.422 e. The Kier molecular flexibility index (Phi) is 5.99. The van der Waals surface area contributed by atoms with Gasteiger partial charge in [0.2, 0.25) is 0 Å². The Morgan fingerprint density at radius 1 is 1.16 bits per heavy atom. The molecule has 1 N–H and O–H groups in total. The Balaban J connectivity index is 2.05. The highest BCUT2D eigenvalue weighted by Crippen LogP contribution is 2.30. The summed E-state index contributed by atoms with van der Waals surface area (Å²) >= 11 is 5.96. The number of rotatable bonds is 6. The van der Waals surface area contributed by atoms with Crippen molar-refractivity contribution >= 4 is 17.3 Å². The number of alkyl halides is 3. The van der Waals surface area contributed by atoms with Crippen molar-refractivity contribution in [2.75, 3.05) is 19.0 Å². The Bertz CT molecular complexity index is 788. The summed E-state index contributed by atoms with van der Waals surface area (Å²) in [7, 11) is 1.35. The maximum atomic E-state index is 12.2. The largest absolute Gasteiger partial charge is 0.493 e. The predicted molar refractivity (Wildman–Crippen MR) is 88.0 cm³/mol. The summed E-state index contributed by atoms with van der Waals surface area (Å²) in [5, 5.41) is 12.3. The molecule has 2 aromatic rings. The van der Waals surface area contributed by atoms with Crippen molar-refractivity contribution < 1.29 is 22.6 Å². The van der Waals surface area contributed by atoms with Crippen LogP contribution in [0.25, 0.3) is 0 Å². The normalized spacial score (nSPS) is 10.9. The van der Waals surface area contributed by atoms with Crippen LogP contribution in [0.2, 0.25) is 5.02 Å². The van der Waals surface area contributed by atoms with Crippen molar-refractivity contribution in [1.82, 2.24) is 0 Å². The quantitative estimate of drug-likeness (QED) is 0.795. The van der Waals surface area contributed by atoms with E-state index in [1.165, 1.54) is 13.2 Å². The SMILES string of the molecule is COc1cc(CNc2ccc(C#N)c(Cl)c2)ccc1OCC(F)(F)F. The van der Waals surface area contributed by atoms with Gasteiger partial charge in [0.1, 0.15) is 6.07 Å². The molecule has 0 aromatic heterocycles. The van der Waals surface area contributed by atoms with Crippen LogP contribution in [-0.2, 0) is 6.54 Å². The second-order valence-electron chi connectivity index (χ2n) is 5.05. The number of benzene rings is 2. The lowest BCUT2D eigenvalue weighted by molar-refractivity contribution is -0.153. The van der Waals surface area contributed by atoms with E-state index in [9.17, 15) is 13.2 Å². The van der Waals surface area contributed by atoms with E-state index in [0.29, 0.717) is 22.8 Å². The highest BCUT2D eigenvalue weighted by Gasteiger charge is 2.29. The monoisotopic (exact) mass is 370 g/mol. The summed E-state index contributed by atoms with van der Waals surface area (Å²) in [6.07, 6.45) is -4.42. The molecule has 132 valence electrons. The molecule has 4 nitrogen and oxygen atoms in total. The second-order valence-corrected chi connectivity index (χ2v) is 5.46. The fourth-order valence-corrected chi connectivity index (χ4v) is 2.24. The van der Waals surface area contributed by atoms with E-state index in [2.05, 4.69) is 5.32 Å². The Morgan fingerprint density at radius 3 is 2.52 bits per heavy atom. The number of halogens is 4. The van der Waals surface area contributed by atoms with Gasteiger partial charge in [-0.1, -0.05) is 17.7 Å². The first-order valence-corrected chi connectivity index (χ1v) is 7.50. The Hall–Kier alpha value is -2.59. The molecule has 0 fully saturated rings. The molecule has 25 heavy (non-hydrogen) atoms. The molecule has 0 saturated carbocycles.